The molecule has 3 aromatic carbocycles. The first-order valence-electron chi connectivity index (χ1n) is 9.50. The predicted molar refractivity (Wildman–Crippen MR) is 107 cm³/mol. The Morgan fingerprint density at radius 2 is 1.59 bits per heavy atom. The van der Waals surface area contributed by atoms with Gasteiger partial charge in [0.05, 0.1) is 13.0 Å². The van der Waals surface area contributed by atoms with Crippen molar-refractivity contribution in [1.82, 2.24) is 0 Å². The van der Waals surface area contributed by atoms with E-state index in [4.69, 9.17) is 18.9 Å². The maximum atomic E-state index is 13.2. The van der Waals surface area contributed by atoms with Crippen molar-refractivity contribution in [3.8, 4) is 23.0 Å². The Hall–Kier alpha value is -3.47. The summed E-state index contributed by atoms with van der Waals surface area (Å²) in [6.07, 6.45) is 0. The fraction of sp³-hybridized carbons (Fsp3) is 0.208. The summed E-state index contributed by atoms with van der Waals surface area (Å²) >= 11 is 0. The topological polar surface area (TPSA) is 54.0 Å². The largest absolute Gasteiger partial charge is 0.497 e. The predicted octanol–water partition coefficient (Wildman–Crippen LogP) is 4.57. The van der Waals surface area contributed by atoms with Gasteiger partial charge in [-0.05, 0) is 41.8 Å². The van der Waals surface area contributed by atoms with Gasteiger partial charge in [0, 0.05) is 17.5 Å². The Bertz CT molecular complexity index is 1090. The lowest BCUT2D eigenvalue weighted by atomic mass is 9.74. The minimum atomic E-state index is -0.461. The molecule has 0 amide bonds. The zero-order chi connectivity index (χ0) is 20.0. The van der Waals surface area contributed by atoms with Crippen LogP contribution in [-0.4, -0.2) is 19.9 Å². The molecule has 146 valence electrons. The summed E-state index contributed by atoms with van der Waals surface area (Å²) in [6.45, 7) is 2.18. The number of methoxy groups -OCH3 is 1. The Morgan fingerprint density at radius 3 is 2.31 bits per heavy atom. The summed E-state index contributed by atoms with van der Waals surface area (Å²) in [5, 5.41) is 0. The van der Waals surface area contributed by atoms with E-state index in [1.807, 2.05) is 61.5 Å². The van der Waals surface area contributed by atoms with Gasteiger partial charge < -0.3 is 18.9 Å². The van der Waals surface area contributed by atoms with E-state index in [2.05, 4.69) is 0 Å². The molecule has 0 fully saturated rings. The van der Waals surface area contributed by atoms with Gasteiger partial charge in [0.2, 0.25) is 6.79 Å². The van der Waals surface area contributed by atoms with Gasteiger partial charge in [0.15, 0.2) is 11.5 Å². The number of benzene rings is 3. The van der Waals surface area contributed by atoms with E-state index in [-0.39, 0.29) is 18.7 Å². The van der Waals surface area contributed by atoms with Crippen molar-refractivity contribution in [2.45, 2.75) is 18.8 Å². The van der Waals surface area contributed by atoms with Crippen molar-refractivity contribution in [2.75, 3.05) is 13.9 Å². The van der Waals surface area contributed by atoms with Crippen LogP contribution in [0.5, 0.6) is 23.0 Å². The highest BCUT2D eigenvalue weighted by atomic mass is 16.7. The maximum absolute atomic E-state index is 13.2. The van der Waals surface area contributed by atoms with Crippen LogP contribution < -0.4 is 18.9 Å². The van der Waals surface area contributed by atoms with Gasteiger partial charge in [-0.1, -0.05) is 36.4 Å². The van der Waals surface area contributed by atoms with E-state index in [9.17, 15) is 4.79 Å². The molecule has 0 aliphatic carbocycles. The molecule has 0 radical (unpaired) electrons. The summed E-state index contributed by atoms with van der Waals surface area (Å²) in [4.78, 5) is 13.2. The highest BCUT2D eigenvalue weighted by molar-refractivity contribution is 5.86. The Labute approximate surface area is 168 Å². The highest BCUT2D eigenvalue weighted by Crippen LogP contribution is 2.51. The molecule has 3 aromatic rings. The molecule has 5 heteroatoms. The lowest BCUT2D eigenvalue weighted by Gasteiger charge is -2.33. The van der Waals surface area contributed by atoms with E-state index >= 15 is 0 Å². The van der Waals surface area contributed by atoms with Crippen LogP contribution in [0, 0.1) is 6.92 Å². The SMILES string of the molecule is COc1ccc([C@H]2c3cc4c(cc3OC(=O)[C@H]2c2ccccc2C)OCO4)cc1. The van der Waals surface area contributed by atoms with Crippen LogP contribution >= 0.6 is 0 Å². The minimum Gasteiger partial charge on any atom is -0.497 e. The summed E-state index contributed by atoms with van der Waals surface area (Å²) in [5.74, 6) is 1.61. The second kappa shape index (κ2) is 6.85. The lowest BCUT2D eigenvalue weighted by Crippen LogP contribution is -2.31. The fourth-order valence-electron chi connectivity index (χ4n) is 4.18. The van der Waals surface area contributed by atoms with Gasteiger partial charge >= 0.3 is 5.97 Å². The third-order valence-electron chi connectivity index (χ3n) is 5.64. The molecule has 5 nitrogen and oxygen atoms in total. The van der Waals surface area contributed by atoms with Gasteiger partial charge in [-0.3, -0.25) is 4.79 Å². The molecular formula is C24H20O5. The maximum Gasteiger partial charge on any atom is 0.319 e. The molecule has 0 spiro atoms. The summed E-state index contributed by atoms with van der Waals surface area (Å²) in [5.41, 5.74) is 3.93. The molecule has 29 heavy (non-hydrogen) atoms. The molecule has 0 unspecified atom stereocenters. The van der Waals surface area contributed by atoms with Crippen molar-refractivity contribution < 1.29 is 23.7 Å². The van der Waals surface area contributed by atoms with Crippen molar-refractivity contribution in [3.05, 3.63) is 82.9 Å². The monoisotopic (exact) mass is 388 g/mol. The Morgan fingerprint density at radius 1 is 0.862 bits per heavy atom. The van der Waals surface area contributed by atoms with Crippen LogP contribution in [0.3, 0.4) is 0 Å². The van der Waals surface area contributed by atoms with Crippen molar-refractivity contribution in [2.24, 2.45) is 0 Å². The summed E-state index contributed by atoms with van der Waals surface area (Å²) < 4.78 is 22.2. The van der Waals surface area contributed by atoms with Gasteiger partial charge in [0.25, 0.3) is 0 Å². The number of fused-ring (bicyclic) bond motifs is 2. The first-order valence-corrected chi connectivity index (χ1v) is 9.50. The number of hydrogen-bond acceptors (Lipinski definition) is 5. The molecule has 5 rings (SSSR count). The Kier molecular flexibility index (Phi) is 4.16. The number of ether oxygens (including phenoxy) is 4. The average Bonchev–Trinajstić information content (AvgIpc) is 3.19. The summed E-state index contributed by atoms with van der Waals surface area (Å²) in [6, 6.07) is 19.5. The quantitative estimate of drug-likeness (QED) is 0.486. The smallest absolute Gasteiger partial charge is 0.319 e. The normalized spacial score (nSPS) is 19.4. The lowest BCUT2D eigenvalue weighted by molar-refractivity contribution is -0.137. The van der Waals surface area contributed by atoms with Crippen LogP contribution in [-0.2, 0) is 4.79 Å². The minimum absolute atomic E-state index is 0.167. The van der Waals surface area contributed by atoms with Crippen LogP contribution in [0.1, 0.15) is 34.1 Å². The van der Waals surface area contributed by atoms with Gasteiger partial charge in [-0.25, -0.2) is 0 Å². The zero-order valence-corrected chi connectivity index (χ0v) is 16.2. The standard InChI is InChI=1S/C24H20O5/c1-14-5-3-4-6-17(14)23-22(15-7-9-16(26-2)10-8-15)18-11-20-21(28-13-27-20)12-19(18)29-24(23)25/h3-12,22-23H,13H2,1-2H3/t22-,23-/m0/s1. The van der Waals surface area contributed by atoms with Crippen LogP contribution in [0.4, 0.5) is 0 Å². The molecule has 0 aromatic heterocycles. The van der Waals surface area contributed by atoms with Crippen molar-refractivity contribution in [3.63, 3.8) is 0 Å². The van der Waals surface area contributed by atoms with Gasteiger partial charge in [-0.2, -0.15) is 0 Å². The molecule has 2 aliphatic heterocycles. The first kappa shape index (κ1) is 17.6. The number of carbonyl (C=O) groups excluding carboxylic acids is 1. The van der Waals surface area contributed by atoms with Crippen LogP contribution in [0.15, 0.2) is 60.7 Å². The first-order chi connectivity index (χ1) is 14.2. The highest BCUT2D eigenvalue weighted by Gasteiger charge is 2.41. The number of esters is 1. The van der Waals surface area contributed by atoms with Crippen LogP contribution in [0.25, 0.3) is 0 Å². The number of carbonyl (C=O) groups is 1. The fourth-order valence-corrected chi connectivity index (χ4v) is 4.18. The van der Waals surface area contributed by atoms with E-state index in [1.54, 1.807) is 13.2 Å². The Balaban J connectivity index is 1.72. The second-order valence-corrected chi connectivity index (χ2v) is 7.25. The molecule has 2 aliphatic rings. The second-order valence-electron chi connectivity index (χ2n) is 7.25. The molecule has 0 saturated carbocycles. The van der Waals surface area contributed by atoms with Gasteiger partial charge in [0.1, 0.15) is 11.5 Å². The molecular weight excluding hydrogens is 368 g/mol. The molecule has 2 heterocycles. The van der Waals surface area contributed by atoms with E-state index < -0.39 is 5.92 Å². The third kappa shape index (κ3) is 2.90. The van der Waals surface area contributed by atoms with E-state index in [0.29, 0.717) is 17.2 Å². The zero-order valence-electron chi connectivity index (χ0n) is 16.2. The average molecular weight is 388 g/mol. The molecule has 0 N–H and O–H groups in total. The number of hydrogen-bond donors (Lipinski definition) is 0. The number of rotatable bonds is 3. The molecule has 0 saturated heterocycles. The molecule has 0 bridgehead atoms. The van der Waals surface area contributed by atoms with Crippen molar-refractivity contribution >= 4 is 5.97 Å². The van der Waals surface area contributed by atoms with Crippen molar-refractivity contribution in [1.29, 1.82) is 0 Å². The summed E-state index contributed by atoms with van der Waals surface area (Å²) in [7, 11) is 1.64. The van der Waals surface area contributed by atoms with E-state index in [0.717, 1.165) is 28.0 Å². The number of aryl methyl sites for hydroxylation is 1. The van der Waals surface area contributed by atoms with Gasteiger partial charge in [-0.15, -0.1) is 0 Å². The molecule has 2 atom stereocenters. The third-order valence-corrected chi connectivity index (χ3v) is 5.64. The van der Waals surface area contributed by atoms with Crippen LogP contribution in [0.2, 0.25) is 0 Å². The van der Waals surface area contributed by atoms with E-state index in [1.165, 1.54) is 0 Å².